The van der Waals surface area contributed by atoms with Crippen LogP contribution in [-0.4, -0.2) is 68.9 Å². The van der Waals surface area contributed by atoms with Gasteiger partial charge in [-0.25, -0.2) is 4.98 Å². The Labute approximate surface area is 224 Å². The molecule has 2 amide bonds. The van der Waals surface area contributed by atoms with Crippen molar-refractivity contribution >= 4 is 52.5 Å². The molecule has 0 saturated heterocycles. The molecule has 2 heterocycles. The summed E-state index contributed by atoms with van der Waals surface area (Å²) in [4.78, 5) is 34.2. The average molecular weight is 516 g/mol. The van der Waals surface area contributed by atoms with E-state index in [0.717, 1.165) is 12.8 Å². The van der Waals surface area contributed by atoms with Crippen LogP contribution < -0.4 is 20.7 Å². The molecule has 1 aromatic carbocycles. The number of hydrogen-bond acceptors (Lipinski definition) is 9. The lowest BCUT2D eigenvalue weighted by atomic mass is 9.49. The van der Waals surface area contributed by atoms with Gasteiger partial charge in [0.2, 0.25) is 11.7 Å². The van der Waals surface area contributed by atoms with Crippen molar-refractivity contribution in [3.63, 3.8) is 0 Å². The van der Waals surface area contributed by atoms with Crippen LogP contribution in [-0.2, 0) is 16.1 Å². The van der Waals surface area contributed by atoms with Gasteiger partial charge in [-0.1, -0.05) is 11.2 Å². The molecule has 196 valence electrons. The highest BCUT2D eigenvalue weighted by molar-refractivity contribution is 6.60. The Balaban J connectivity index is 1.67. The molecular weight excluding hydrogens is 485 g/mol. The molecule has 11 nitrogen and oxygen atoms in total. The van der Waals surface area contributed by atoms with Gasteiger partial charge in [0, 0.05) is 18.2 Å². The lowest BCUT2D eigenvalue weighted by molar-refractivity contribution is -0.117. The van der Waals surface area contributed by atoms with Crippen molar-refractivity contribution in [2.24, 2.45) is 5.92 Å². The molecule has 4 rings (SSSR count). The Morgan fingerprint density at radius 1 is 1.21 bits per heavy atom. The number of para-hydroxylation sites is 1. The largest absolute Gasteiger partial charge is 0.494 e. The van der Waals surface area contributed by atoms with Gasteiger partial charge in [-0.2, -0.15) is 4.98 Å². The Hall–Kier alpha value is -3.80. The highest BCUT2D eigenvalue weighted by Crippen LogP contribution is 2.38. The smallest absolute Gasteiger partial charge is 0.253 e. The van der Waals surface area contributed by atoms with Gasteiger partial charge in [0.15, 0.2) is 5.75 Å². The first-order valence-corrected chi connectivity index (χ1v) is 12.6. The molecule has 1 aliphatic carbocycles. The maximum absolute atomic E-state index is 13.1. The third-order valence-electron chi connectivity index (χ3n) is 5.57. The first-order valence-electron chi connectivity index (χ1n) is 12.6. The van der Waals surface area contributed by atoms with Crippen molar-refractivity contribution in [1.29, 1.82) is 0 Å². The van der Waals surface area contributed by atoms with Gasteiger partial charge in [0.1, 0.15) is 36.0 Å². The number of ether oxygens (including phenoxy) is 2. The summed E-state index contributed by atoms with van der Waals surface area (Å²) in [5.41, 5.74) is 1.91. The fourth-order valence-corrected chi connectivity index (χ4v) is 3.63. The molecule has 0 spiro atoms. The molecule has 0 radical (unpaired) electrons. The van der Waals surface area contributed by atoms with Crippen molar-refractivity contribution in [2.75, 3.05) is 17.7 Å². The van der Waals surface area contributed by atoms with Crippen LogP contribution >= 0.6 is 0 Å². The van der Waals surface area contributed by atoms with Crippen molar-refractivity contribution in [2.45, 2.75) is 44.6 Å². The Morgan fingerprint density at radius 2 is 1.97 bits per heavy atom. The monoisotopic (exact) mass is 516 g/mol. The molecule has 0 bridgehead atoms. The Bertz CT molecular complexity index is 1320. The van der Waals surface area contributed by atoms with Gasteiger partial charge < -0.3 is 29.9 Å². The maximum atomic E-state index is 13.1. The number of carbonyl (C=O) groups is 2. The minimum atomic E-state index is -0.458. The minimum absolute atomic E-state index is 0.0136. The van der Waals surface area contributed by atoms with Gasteiger partial charge in [-0.05, 0) is 44.1 Å². The zero-order valence-corrected chi connectivity index (χ0v) is 22.5. The van der Waals surface area contributed by atoms with E-state index >= 15 is 0 Å². The third kappa shape index (κ3) is 6.94. The number of nitrogens with zero attached hydrogens (tertiary/aromatic N) is 3. The van der Waals surface area contributed by atoms with E-state index in [2.05, 4.69) is 31.1 Å². The van der Waals surface area contributed by atoms with E-state index in [-0.39, 0.29) is 30.4 Å². The SMILES string of the molecule is BC(B)(B)NC(=O)c1cnc(NC(=O)C2CC2)cc1Nc1cccc(-c2noc(COC(C)C)n2)c1OC. The fourth-order valence-electron chi connectivity index (χ4n) is 3.63. The molecule has 1 saturated carbocycles. The predicted molar refractivity (Wildman–Crippen MR) is 151 cm³/mol. The number of pyridine rings is 1. The highest BCUT2D eigenvalue weighted by atomic mass is 16.5. The minimum Gasteiger partial charge on any atom is -0.494 e. The second-order valence-electron chi connectivity index (χ2n) is 10.5. The summed E-state index contributed by atoms with van der Waals surface area (Å²) < 4.78 is 16.6. The predicted octanol–water partition coefficient (Wildman–Crippen LogP) is 0.398. The topological polar surface area (TPSA) is 140 Å². The van der Waals surface area contributed by atoms with Gasteiger partial charge in [0.25, 0.3) is 11.8 Å². The first-order chi connectivity index (χ1) is 18.0. The lowest BCUT2D eigenvalue weighted by Crippen LogP contribution is -2.50. The molecule has 38 heavy (non-hydrogen) atoms. The van der Waals surface area contributed by atoms with E-state index in [0.29, 0.717) is 45.8 Å². The number of hydrogen-bond donors (Lipinski definition) is 3. The Kier molecular flexibility index (Phi) is 8.10. The lowest BCUT2D eigenvalue weighted by Gasteiger charge is -2.22. The molecule has 1 aliphatic rings. The molecular formula is C24H31B3N6O5. The van der Waals surface area contributed by atoms with Crippen molar-refractivity contribution in [3.8, 4) is 17.1 Å². The quantitative estimate of drug-likeness (QED) is 0.309. The number of anilines is 3. The van der Waals surface area contributed by atoms with E-state index in [1.54, 1.807) is 12.1 Å². The number of aromatic nitrogens is 3. The number of rotatable bonds is 11. The zero-order chi connectivity index (χ0) is 27.4. The standard InChI is InChI=1S/C24H31B3N6O5/c1-12(2)37-11-19-31-21(33-38-19)14-5-4-6-16(20(14)36-3)29-17-9-18(30-22(34)13-7-8-13)28-10-15(17)23(35)32-24(25,26)27/h4-6,9-10,12-13H,7-8,11,25-27H2,1-3H3,(H,32,35)(H2,28,29,30,34). The van der Waals surface area contributed by atoms with E-state index in [1.165, 1.54) is 13.3 Å². The normalized spacial score (nSPS) is 13.3. The number of carbonyl (C=O) groups excluding carboxylic acids is 2. The van der Waals surface area contributed by atoms with E-state index < -0.39 is 5.24 Å². The molecule has 1 fully saturated rings. The highest BCUT2D eigenvalue weighted by Gasteiger charge is 2.30. The van der Waals surface area contributed by atoms with Crippen molar-refractivity contribution in [1.82, 2.24) is 20.4 Å². The molecule has 0 atom stereocenters. The summed E-state index contributed by atoms with van der Waals surface area (Å²) in [6, 6.07) is 7.06. The first kappa shape index (κ1) is 27.2. The van der Waals surface area contributed by atoms with Crippen LogP contribution in [0.3, 0.4) is 0 Å². The van der Waals surface area contributed by atoms with E-state index in [9.17, 15) is 9.59 Å². The second-order valence-corrected chi connectivity index (χ2v) is 10.5. The number of amides is 2. The summed E-state index contributed by atoms with van der Waals surface area (Å²) >= 11 is 0. The van der Waals surface area contributed by atoms with Crippen LogP contribution in [0.4, 0.5) is 17.2 Å². The zero-order valence-electron chi connectivity index (χ0n) is 22.5. The third-order valence-corrected chi connectivity index (χ3v) is 5.57. The maximum Gasteiger partial charge on any atom is 0.253 e. The fraction of sp³-hybridized carbons (Fsp3) is 0.375. The molecule has 3 N–H and O–H groups in total. The second kappa shape index (κ2) is 11.3. The Morgan fingerprint density at radius 3 is 2.63 bits per heavy atom. The van der Waals surface area contributed by atoms with Crippen LogP contribution in [0.5, 0.6) is 5.75 Å². The summed E-state index contributed by atoms with van der Waals surface area (Å²) in [5.74, 6) is 1.11. The summed E-state index contributed by atoms with van der Waals surface area (Å²) in [7, 11) is 7.22. The molecule has 14 heteroatoms. The summed E-state index contributed by atoms with van der Waals surface area (Å²) in [6.07, 6.45) is 3.21. The van der Waals surface area contributed by atoms with E-state index in [1.807, 2.05) is 49.5 Å². The van der Waals surface area contributed by atoms with Crippen LogP contribution in [0.2, 0.25) is 0 Å². The van der Waals surface area contributed by atoms with Crippen molar-refractivity contribution in [3.05, 3.63) is 41.9 Å². The van der Waals surface area contributed by atoms with Crippen LogP contribution in [0.15, 0.2) is 35.0 Å². The number of methoxy groups -OCH3 is 1. The summed E-state index contributed by atoms with van der Waals surface area (Å²) in [6.45, 7) is 4.05. The van der Waals surface area contributed by atoms with Gasteiger partial charge >= 0.3 is 0 Å². The molecule has 3 aromatic rings. The number of nitrogens with one attached hydrogen (secondary N) is 3. The van der Waals surface area contributed by atoms with Gasteiger partial charge in [-0.3, -0.25) is 9.59 Å². The van der Waals surface area contributed by atoms with Gasteiger partial charge in [-0.15, -0.1) is 0 Å². The average Bonchev–Trinajstić information content (AvgIpc) is 3.59. The van der Waals surface area contributed by atoms with Crippen molar-refractivity contribution < 1.29 is 23.6 Å². The van der Waals surface area contributed by atoms with Crippen LogP contribution in [0.1, 0.15) is 42.9 Å². The molecule has 0 unspecified atom stereocenters. The van der Waals surface area contributed by atoms with Crippen LogP contribution in [0.25, 0.3) is 11.4 Å². The number of benzene rings is 1. The van der Waals surface area contributed by atoms with E-state index in [4.69, 9.17) is 14.0 Å². The summed E-state index contributed by atoms with van der Waals surface area (Å²) in [5, 5.41) is 12.7. The van der Waals surface area contributed by atoms with Crippen LogP contribution in [0, 0.1) is 5.92 Å². The van der Waals surface area contributed by atoms with Gasteiger partial charge in [0.05, 0.1) is 35.7 Å². The molecule has 2 aromatic heterocycles. The molecule has 0 aliphatic heterocycles.